The standard InChI is InChI=1S/C18H15FN6/c19-15-7-3-1-5-13(15)9-10-21-17-12-22-25-18(24-17)23-16-8-4-2-6-14(16)11-20/h1-8,12H,9-10H2,(H2,21,23,24,25). The van der Waals surface area contributed by atoms with Crippen molar-refractivity contribution in [3.63, 3.8) is 0 Å². The zero-order valence-electron chi connectivity index (χ0n) is 13.3. The number of hydrogen-bond donors (Lipinski definition) is 2. The summed E-state index contributed by atoms with van der Waals surface area (Å²) in [7, 11) is 0. The van der Waals surface area contributed by atoms with Gasteiger partial charge in [0.1, 0.15) is 11.9 Å². The van der Waals surface area contributed by atoms with Gasteiger partial charge in [-0.25, -0.2) is 4.39 Å². The number of halogens is 1. The highest BCUT2D eigenvalue weighted by Crippen LogP contribution is 2.17. The third kappa shape index (κ3) is 4.26. The summed E-state index contributed by atoms with van der Waals surface area (Å²) in [6.45, 7) is 0.508. The van der Waals surface area contributed by atoms with E-state index < -0.39 is 0 Å². The van der Waals surface area contributed by atoms with Crippen molar-refractivity contribution in [2.75, 3.05) is 17.2 Å². The number of nitrogens with zero attached hydrogens (tertiary/aromatic N) is 4. The molecule has 25 heavy (non-hydrogen) atoms. The molecule has 7 heteroatoms. The summed E-state index contributed by atoms with van der Waals surface area (Å²) in [5.74, 6) is 0.572. The van der Waals surface area contributed by atoms with Crippen molar-refractivity contribution < 1.29 is 4.39 Å². The number of benzene rings is 2. The maximum Gasteiger partial charge on any atom is 0.249 e. The van der Waals surface area contributed by atoms with Gasteiger partial charge in [0, 0.05) is 6.54 Å². The number of nitriles is 1. The largest absolute Gasteiger partial charge is 0.368 e. The first-order valence-corrected chi connectivity index (χ1v) is 7.69. The molecule has 3 rings (SSSR count). The van der Waals surface area contributed by atoms with Crippen LogP contribution in [-0.4, -0.2) is 21.7 Å². The van der Waals surface area contributed by atoms with Gasteiger partial charge in [0.25, 0.3) is 0 Å². The molecule has 0 unspecified atom stereocenters. The van der Waals surface area contributed by atoms with E-state index in [1.165, 1.54) is 12.3 Å². The lowest BCUT2D eigenvalue weighted by Crippen LogP contribution is -2.09. The van der Waals surface area contributed by atoms with Gasteiger partial charge in [0.15, 0.2) is 5.82 Å². The van der Waals surface area contributed by atoms with Crippen LogP contribution in [-0.2, 0) is 6.42 Å². The van der Waals surface area contributed by atoms with Gasteiger partial charge in [0.05, 0.1) is 17.4 Å². The molecule has 0 aliphatic rings. The third-order valence-electron chi connectivity index (χ3n) is 3.51. The monoisotopic (exact) mass is 334 g/mol. The minimum absolute atomic E-state index is 0.222. The summed E-state index contributed by atoms with van der Waals surface area (Å²) in [5.41, 5.74) is 1.73. The van der Waals surface area contributed by atoms with E-state index in [0.717, 1.165) is 0 Å². The molecule has 0 saturated carbocycles. The molecule has 0 fully saturated rings. The van der Waals surface area contributed by atoms with E-state index in [2.05, 4.69) is 31.9 Å². The Morgan fingerprint density at radius 3 is 2.72 bits per heavy atom. The van der Waals surface area contributed by atoms with E-state index in [1.807, 2.05) is 6.07 Å². The van der Waals surface area contributed by atoms with Gasteiger partial charge in [-0.2, -0.15) is 15.3 Å². The summed E-state index contributed by atoms with van der Waals surface area (Å²) in [6.07, 6.45) is 2.01. The highest BCUT2D eigenvalue weighted by molar-refractivity contribution is 5.63. The molecule has 0 aliphatic heterocycles. The SMILES string of the molecule is N#Cc1ccccc1Nc1nncc(NCCc2ccccc2F)n1. The third-order valence-corrected chi connectivity index (χ3v) is 3.51. The molecule has 1 heterocycles. The molecule has 0 bridgehead atoms. The fourth-order valence-electron chi connectivity index (χ4n) is 2.28. The second-order valence-electron chi connectivity index (χ2n) is 5.22. The molecule has 0 saturated heterocycles. The summed E-state index contributed by atoms with van der Waals surface area (Å²) < 4.78 is 13.6. The zero-order chi connectivity index (χ0) is 17.5. The lowest BCUT2D eigenvalue weighted by atomic mass is 10.1. The van der Waals surface area contributed by atoms with Crippen LogP contribution in [0.25, 0.3) is 0 Å². The molecule has 2 aromatic carbocycles. The average molecular weight is 334 g/mol. The highest BCUT2D eigenvalue weighted by atomic mass is 19.1. The number of hydrogen-bond acceptors (Lipinski definition) is 6. The van der Waals surface area contributed by atoms with Crippen LogP contribution in [0, 0.1) is 17.1 Å². The van der Waals surface area contributed by atoms with Crippen LogP contribution >= 0.6 is 0 Å². The van der Waals surface area contributed by atoms with Gasteiger partial charge in [-0.15, -0.1) is 5.10 Å². The fraction of sp³-hybridized carbons (Fsp3) is 0.111. The lowest BCUT2D eigenvalue weighted by molar-refractivity contribution is 0.610. The summed E-state index contributed by atoms with van der Waals surface area (Å²) in [4.78, 5) is 4.30. The van der Waals surface area contributed by atoms with Gasteiger partial charge in [0.2, 0.25) is 5.95 Å². The lowest BCUT2D eigenvalue weighted by Gasteiger charge is -2.09. The Bertz CT molecular complexity index is 906. The van der Waals surface area contributed by atoms with E-state index in [9.17, 15) is 4.39 Å². The van der Waals surface area contributed by atoms with Crippen LogP contribution in [0.2, 0.25) is 0 Å². The van der Waals surface area contributed by atoms with Crippen molar-refractivity contribution in [1.29, 1.82) is 5.26 Å². The molecule has 0 aliphatic carbocycles. The van der Waals surface area contributed by atoms with Gasteiger partial charge in [-0.3, -0.25) is 0 Å². The van der Waals surface area contributed by atoms with E-state index in [4.69, 9.17) is 5.26 Å². The molecule has 0 atom stereocenters. The number of para-hydroxylation sites is 1. The molecular formula is C18H15FN6. The van der Waals surface area contributed by atoms with Crippen LogP contribution in [0.3, 0.4) is 0 Å². The van der Waals surface area contributed by atoms with E-state index >= 15 is 0 Å². The second-order valence-corrected chi connectivity index (χ2v) is 5.22. The summed E-state index contributed by atoms with van der Waals surface area (Å²) in [5, 5.41) is 23.0. The van der Waals surface area contributed by atoms with Crippen LogP contribution in [0.15, 0.2) is 54.7 Å². The predicted octanol–water partition coefficient (Wildman–Crippen LogP) is 3.28. The first-order valence-electron chi connectivity index (χ1n) is 7.69. The normalized spacial score (nSPS) is 10.1. The van der Waals surface area contributed by atoms with E-state index in [1.54, 1.807) is 36.4 Å². The van der Waals surface area contributed by atoms with Crippen LogP contribution < -0.4 is 10.6 Å². The van der Waals surface area contributed by atoms with Crippen molar-refractivity contribution in [1.82, 2.24) is 15.2 Å². The maximum absolute atomic E-state index is 13.6. The Morgan fingerprint density at radius 2 is 1.88 bits per heavy atom. The minimum atomic E-state index is -0.222. The van der Waals surface area contributed by atoms with Gasteiger partial charge < -0.3 is 10.6 Å². The number of anilines is 3. The van der Waals surface area contributed by atoms with Gasteiger partial charge in [-0.05, 0) is 30.2 Å². The first kappa shape index (κ1) is 16.3. The van der Waals surface area contributed by atoms with Crippen LogP contribution in [0.1, 0.15) is 11.1 Å². The molecule has 0 spiro atoms. The Kier molecular flexibility index (Phi) is 5.12. The highest BCUT2D eigenvalue weighted by Gasteiger charge is 2.05. The molecule has 2 N–H and O–H groups in total. The van der Waals surface area contributed by atoms with Crippen LogP contribution in [0.5, 0.6) is 0 Å². The number of aromatic nitrogens is 3. The molecule has 0 amide bonds. The molecular weight excluding hydrogens is 319 g/mol. The van der Waals surface area contributed by atoms with Crippen molar-refractivity contribution in [3.8, 4) is 6.07 Å². The molecule has 0 radical (unpaired) electrons. The number of rotatable bonds is 6. The Balaban J connectivity index is 1.64. The molecule has 1 aromatic heterocycles. The zero-order valence-corrected chi connectivity index (χ0v) is 13.3. The Hall–Kier alpha value is -3.53. The second kappa shape index (κ2) is 7.84. The minimum Gasteiger partial charge on any atom is -0.368 e. The van der Waals surface area contributed by atoms with Gasteiger partial charge >= 0.3 is 0 Å². The van der Waals surface area contributed by atoms with E-state index in [0.29, 0.717) is 35.6 Å². The Labute approximate surface area is 144 Å². The van der Waals surface area contributed by atoms with E-state index in [-0.39, 0.29) is 11.8 Å². The quantitative estimate of drug-likeness (QED) is 0.719. The molecule has 6 nitrogen and oxygen atoms in total. The topological polar surface area (TPSA) is 86.5 Å². The van der Waals surface area contributed by atoms with Crippen LogP contribution in [0.4, 0.5) is 21.8 Å². The fourth-order valence-corrected chi connectivity index (χ4v) is 2.28. The first-order chi connectivity index (χ1) is 12.3. The smallest absolute Gasteiger partial charge is 0.249 e. The van der Waals surface area contributed by atoms with Crippen molar-refractivity contribution >= 4 is 17.5 Å². The van der Waals surface area contributed by atoms with Crippen molar-refractivity contribution in [2.24, 2.45) is 0 Å². The van der Waals surface area contributed by atoms with Gasteiger partial charge in [-0.1, -0.05) is 30.3 Å². The van der Waals surface area contributed by atoms with Crippen molar-refractivity contribution in [2.45, 2.75) is 6.42 Å². The number of nitrogens with one attached hydrogen (secondary N) is 2. The average Bonchev–Trinajstić information content (AvgIpc) is 2.64. The van der Waals surface area contributed by atoms with Crippen molar-refractivity contribution in [3.05, 3.63) is 71.7 Å². The summed E-state index contributed by atoms with van der Waals surface area (Å²) in [6, 6.07) is 15.8. The molecule has 3 aromatic rings. The summed E-state index contributed by atoms with van der Waals surface area (Å²) >= 11 is 0. The molecule has 124 valence electrons. The predicted molar refractivity (Wildman–Crippen MR) is 92.9 cm³/mol. The maximum atomic E-state index is 13.6. The Morgan fingerprint density at radius 1 is 1.08 bits per heavy atom.